The van der Waals surface area contributed by atoms with Crippen molar-refractivity contribution < 1.29 is 0 Å². The van der Waals surface area contributed by atoms with Gasteiger partial charge in [-0.2, -0.15) is 10.2 Å². The second-order valence-corrected chi connectivity index (χ2v) is 5.66. The molecule has 0 unspecified atom stereocenters. The van der Waals surface area contributed by atoms with Crippen LogP contribution in [0.1, 0.15) is 49.4 Å². The number of hydrogen-bond donors (Lipinski definition) is 1. The summed E-state index contributed by atoms with van der Waals surface area (Å²) in [5, 5.41) is 9.08. The first-order valence-corrected chi connectivity index (χ1v) is 7.60. The van der Waals surface area contributed by atoms with Gasteiger partial charge in [0, 0.05) is 12.4 Å². The molecule has 2 aromatic heterocycles. The molecule has 108 valence electrons. The maximum Gasteiger partial charge on any atom is 0.0849 e. The van der Waals surface area contributed by atoms with Crippen LogP contribution in [0.5, 0.6) is 0 Å². The van der Waals surface area contributed by atoms with Crippen LogP contribution in [0.2, 0.25) is 0 Å². The van der Waals surface area contributed by atoms with Gasteiger partial charge < -0.3 is 5.73 Å². The molecule has 1 aliphatic carbocycles. The van der Waals surface area contributed by atoms with E-state index in [1.807, 2.05) is 10.9 Å². The molecule has 0 aliphatic heterocycles. The molecule has 0 amide bonds. The Morgan fingerprint density at radius 2 is 2.10 bits per heavy atom. The lowest BCUT2D eigenvalue weighted by atomic mass is 9.96. The van der Waals surface area contributed by atoms with Crippen LogP contribution in [0.3, 0.4) is 0 Å². The molecule has 1 saturated carbocycles. The van der Waals surface area contributed by atoms with Gasteiger partial charge in [-0.05, 0) is 37.4 Å². The number of rotatable bonds is 5. The highest BCUT2D eigenvalue weighted by molar-refractivity contribution is 5.07. The van der Waals surface area contributed by atoms with Crippen molar-refractivity contribution in [2.45, 2.75) is 51.1 Å². The lowest BCUT2D eigenvalue weighted by molar-refractivity contribution is 0.327. The number of aromatic nitrogens is 4. The van der Waals surface area contributed by atoms with Crippen LogP contribution in [0, 0.1) is 0 Å². The topological polar surface area (TPSA) is 61.7 Å². The Bertz CT molecular complexity index is 536. The summed E-state index contributed by atoms with van der Waals surface area (Å²) in [4.78, 5) is 0. The molecule has 2 aromatic rings. The number of nitrogens with two attached hydrogens (primary N) is 1. The monoisotopic (exact) mass is 273 g/mol. The Labute approximate surface area is 119 Å². The largest absolute Gasteiger partial charge is 0.330 e. The zero-order chi connectivity index (χ0) is 13.8. The normalized spacial score (nSPS) is 16.6. The second kappa shape index (κ2) is 6.22. The van der Waals surface area contributed by atoms with Gasteiger partial charge in [-0.1, -0.05) is 19.3 Å². The van der Waals surface area contributed by atoms with Crippen LogP contribution in [0.4, 0.5) is 0 Å². The molecule has 0 spiro atoms. The first-order chi connectivity index (χ1) is 9.85. The van der Waals surface area contributed by atoms with E-state index in [0.29, 0.717) is 12.6 Å². The molecule has 5 nitrogen and oxygen atoms in total. The predicted molar refractivity (Wildman–Crippen MR) is 78.4 cm³/mol. The highest BCUT2D eigenvalue weighted by Gasteiger charge is 2.16. The van der Waals surface area contributed by atoms with Gasteiger partial charge in [-0.25, -0.2) is 0 Å². The van der Waals surface area contributed by atoms with Gasteiger partial charge in [-0.3, -0.25) is 9.36 Å². The molecule has 0 atom stereocenters. The summed E-state index contributed by atoms with van der Waals surface area (Å²) in [6.45, 7) is 1.41. The highest BCUT2D eigenvalue weighted by atomic mass is 15.3. The van der Waals surface area contributed by atoms with Crippen molar-refractivity contribution in [2.75, 3.05) is 6.54 Å². The van der Waals surface area contributed by atoms with Crippen LogP contribution in [0.15, 0.2) is 24.7 Å². The Morgan fingerprint density at radius 1 is 1.25 bits per heavy atom. The van der Waals surface area contributed by atoms with Gasteiger partial charge in [0.05, 0.1) is 24.5 Å². The third-order valence-electron chi connectivity index (χ3n) is 4.06. The molecule has 0 aromatic carbocycles. The van der Waals surface area contributed by atoms with Crippen molar-refractivity contribution >= 4 is 0 Å². The number of hydrogen-bond acceptors (Lipinski definition) is 3. The predicted octanol–water partition coefficient (Wildman–Crippen LogP) is 2.13. The minimum Gasteiger partial charge on any atom is -0.330 e. The third kappa shape index (κ3) is 3.10. The van der Waals surface area contributed by atoms with E-state index in [9.17, 15) is 0 Å². The fourth-order valence-corrected chi connectivity index (χ4v) is 2.97. The molecule has 0 radical (unpaired) electrons. The molecule has 20 heavy (non-hydrogen) atoms. The van der Waals surface area contributed by atoms with E-state index < -0.39 is 0 Å². The smallest absolute Gasteiger partial charge is 0.0849 e. The molecule has 1 fully saturated rings. The van der Waals surface area contributed by atoms with E-state index in [4.69, 9.17) is 10.8 Å². The maximum absolute atomic E-state index is 5.56. The van der Waals surface area contributed by atoms with Gasteiger partial charge in [0.25, 0.3) is 0 Å². The fourth-order valence-electron chi connectivity index (χ4n) is 2.97. The quantitative estimate of drug-likeness (QED) is 0.907. The maximum atomic E-state index is 5.56. The standard InChI is InChI=1S/C15H23N5/c16-8-6-13-10-17-19(11-13)12-14-7-9-20(18-14)15-4-2-1-3-5-15/h7,9-11,15H,1-6,8,12,16H2. The van der Waals surface area contributed by atoms with E-state index in [1.165, 1.54) is 37.7 Å². The molecular weight excluding hydrogens is 250 g/mol. The van der Waals surface area contributed by atoms with Crippen molar-refractivity contribution in [3.8, 4) is 0 Å². The van der Waals surface area contributed by atoms with Crippen LogP contribution in [-0.2, 0) is 13.0 Å². The van der Waals surface area contributed by atoms with Gasteiger partial charge in [-0.15, -0.1) is 0 Å². The third-order valence-corrected chi connectivity index (χ3v) is 4.06. The summed E-state index contributed by atoms with van der Waals surface area (Å²) in [6.07, 6.45) is 13.5. The van der Waals surface area contributed by atoms with E-state index in [1.54, 1.807) is 0 Å². The van der Waals surface area contributed by atoms with E-state index >= 15 is 0 Å². The number of nitrogens with zero attached hydrogens (tertiary/aromatic N) is 4. The molecule has 0 saturated heterocycles. The summed E-state index contributed by atoms with van der Waals surface area (Å²) < 4.78 is 4.09. The average molecular weight is 273 g/mol. The minimum atomic E-state index is 0.600. The van der Waals surface area contributed by atoms with E-state index in [2.05, 4.69) is 28.2 Å². The van der Waals surface area contributed by atoms with Crippen molar-refractivity contribution in [2.24, 2.45) is 5.73 Å². The SMILES string of the molecule is NCCc1cnn(Cc2ccn(C3CCCCC3)n2)c1. The Balaban J connectivity index is 1.63. The minimum absolute atomic E-state index is 0.600. The summed E-state index contributed by atoms with van der Waals surface area (Å²) >= 11 is 0. The molecular formula is C15H23N5. The van der Waals surface area contributed by atoms with Gasteiger partial charge in [0.1, 0.15) is 0 Å². The molecule has 3 rings (SSSR count). The first-order valence-electron chi connectivity index (χ1n) is 7.60. The van der Waals surface area contributed by atoms with Crippen molar-refractivity contribution in [3.05, 3.63) is 35.9 Å². The Hall–Kier alpha value is -1.62. The van der Waals surface area contributed by atoms with Gasteiger partial charge in [0.2, 0.25) is 0 Å². The second-order valence-electron chi connectivity index (χ2n) is 5.66. The van der Waals surface area contributed by atoms with Gasteiger partial charge in [0.15, 0.2) is 0 Å². The van der Waals surface area contributed by atoms with Crippen molar-refractivity contribution in [1.82, 2.24) is 19.6 Å². The Kier molecular flexibility index (Phi) is 4.16. The van der Waals surface area contributed by atoms with E-state index in [0.717, 1.165) is 18.7 Å². The summed E-state index contributed by atoms with van der Waals surface area (Å²) in [6, 6.07) is 2.71. The van der Waals surface area contributed by atoms with Crippen molar-refractivity contribution in [1.29, 1.82) is 0 Å². The lowest BCUT2D eigenvalue weighted by Crippen LogP contribution is -2.13. The molecule has 2 heterocycles. The van der Waals surface area contributed by atoms with Crippen LogP contribution in [0.25, 0.3) is 0 Å². The zero-order valence-corrected chi connectivity index (χ0v) is 11.9. The summed E-state index contributed by atoms with van der Waals surface area (Å²) in [7, 11) is 0. The lowest BCUT2D eigenvalue weighted by Gasteiger charge is -2.21. The summed E-state index contributed by atoms with van der Waals surface area (Å²) in [5.74, 6) is 0. The molecule has 0 bridgehead atoms. The van der Waals surface area contributed by atoms with Gasteiger partial charge >= 0.3 is 0 Å². The highest BCUT2D eigenvalue weighted by Crippen LogP contribution is 2.27. The van der Waals surface area contributed by atoms with Crippen LogP contribution >= 0.6 is 0 Å². The van der Waals surface area contributed by atoms with Crippen LogP contribution in [-0.4, -0.2) is 26.1 Å². The fraction of sp³-hybridized carbons (Fsp3) is 0.600. The molecule has 1 aliphatic rings. The average Bonchev–Trinajstić information content (AvgIpc) is 3.11. The molecule has 2 N–H and O–H groups in total. The van der Waals surface area contributed by atoms with E-state index in [-0.39, 0.29) is 0 Å². The van der Waals surface area contributed by atoms with Crippen LogP contribution < -0.4 is 5.73 Å². The Morgan fingerprint density at radius 3 is 2.90 bits per heavy atom. The zero-order valence-electron chi connectivity index (χ0n) is 11.9. The first kappa shape index (κ1) is 13.4. The van der Waals surface area contributed by atoms with Crippen molar-refractivity contribution in [3.63, 3.8) is 0 Å². The summed E-state index contributed by atoms with van der Waals surface area (Å²) in [5.41, 5.74) is 7.83. The molecule has 5 heteroatoms.